The van der Waals surface area contributed by atoms with E-state index in [4.69, 9.17) is 14.2 Å². The molecule has 19 heavy (non-hydrogen) atoms. The van der Waals surface area contributed by atoms with Crippen molar-refractivity contribution in [2.24, 2.45) is 5.92 Å². The van der Waals surface area contributed by atoms with Gasteiger partial charge in [-0.05, 0) is 18.9 Å². The molecule has 3 rings (SSSR count). The molecule has 0 atom stereocenters. The predicted octanol–water partition coefficient (Wildman–Crippen LogP) is 2.47. The first kappa shape index (κ1) is 12.1. The molecule has 0 amide bonds. The number of allylic oxidation sites excluding steroid dienone is 2. The van der Waals surface area contributed by atoms with Crippen molar-refractivity contribution in [3.8, 4) is 11.5 Å². The highest BCUT2D eigenvalue weighted by molar-refractivity contribution is 5.73. The molecule has 0 radical (unpaired) electrons. The summed E-state index contributed by atoms with van der Waals surface area (Å²) in [6.45, 7) is 1.33. The van der Waals surface area contributed by atoms with Crippen LogP contribution in [0.5, 0.6) is 11.5 Å². The van der Waals surface area contributed by atoms with Crippen LogP contribution in [-0.4, -0.2) is 19.2 Å². The van der Waals surface area contributed by atoms with Crippen molar-refractivity contribution in [2.45, 2.75) is 19.4 Å². The SMILES string of the molecule is O=C(OCc1cccc2c1OCCO2)C1CC=CC1. The van der Waals surface area contributed by atoms with Crippen LogP contribution in [0.25, 0.3) is 0 Å². The van der Waals surface area contributed by atoms with E-state index in [1.807, 2.05) is 30.4 Å². The van der Waals surface area contributed by atoms with Crippen LogP contribution in [0.1, 0.15) is 18.4 Å². The number of esters is 1. The third kappa shape index (κ3) is 2.57. The number of carbonyl (C=O) groups is 1. The van der Waals surface area contributed by atoms with E-state index in [2.05, 4.69) is 0 Å². The summed E-state index contributed by atoms with van der Waals surface area (Å²) in [5, 5.41) is 0. The van der Waals surface area contributed by atoms with Gasteiger partial charge in [0.1, 0.15) is 19.8 Å². The first-order chi connectivity index (χ1) is 9.34. The van der Waals surface area contributed by atoms with Crippen LogP contribution >= 0.6 is 0 Å². The van der Waals surface area contributed by atoms with E-state index in [0.717, 1.165) is 24.2 Å². The van der Waals surface area contributed by atoms with Gasteiger partial charge >= 0.3 is 5.97 Å². The Hall–Kier alpha value is -1.97. The Morgan fingerprint density at radius 3 is 2.84 bits per heavy atom. The third-order valence-corrected chi connectivity index (χ3v) is 3.36. The second-order valence-corrected chi connectivity index (χ2v) is 4.69. The molecule has 1 aromatic carbocycles. The van der Waals surface area contributed by atoms with Crippen LogP contribution in [0.3, 0.4) is 0 Å². The van der Waals surface area contributed by atoms with Gasteiger partial charge in [-0.2, -0.15) is 0 Å². The van der Waals surface area contributed by atoms with Crippen LogP contribution in [0, 0.1) is 5.92 Å². The predicted molar refractivity (Wildman–Crippen MR) is 69.1 cm³/mol. The summed E-state index contributed by atoms with van der Waals surface area (Å²) in [5.74, 6) is 1.27. The highest BCUT2D eigenvalue weighted by Crippen LogP contribution is 2.34. The van der Waals surface area contributed by atoms with Crippen molar-refractivity contribution in [3.05, 3.63) is 35.9 Å². The van der Waals surface area contributed by atoms with Crippen LogP contribution in [0.4, 0.5) is 0 Å². The van der Waals surface area contributed by atoms with Gasteiger partial charge in [-0.25, -0.2) is 0 Å². The molecule has 100 valence electrons. The number of hydrogen-bond acceptors (Lipinski definition) is 4. The molecular formula is C15H16O4. The van der Waals surface area contributed by atoms with Gasteiger partial charge in [0.05, 0.1) is 5.92 Å². The number of hydrogen-bond donors (Lipinski definition) is 0. The van der Waals surface area contributed by atoms with Crippen molar-refractivity contribution in [3.63, 3.8) is 0 Å². The second kappa shape index (κ2) is 5.34. The Morgan fingerprint density at radius 2 is 2.00 bits per heavy atom. The molecule has 0 unspecified atom stereocenters. The Balaban J connectivity index is 1.65. The zero-order valence-corrected chi connectivity index (χ0v) is 10.6. The zero-order chi connectivity index (χ0) is 13.1. The first-order valence-corrected chi connectivity index (χ1v) is 6.54. The Morgan fingerprint density at radius 1 is 1.21 bits per heavy atom. The normalized spacial score (nSPS) is 17.5. The molecule has 1 aliphatic heterocycles. The molecule has 4 heteroatoms. The number of ether oxygens (including phenoxy) is 3. The maximum atomic E-state index is 11.9. The molecule has 0 saturated heterocycles. The maximum absolute atomic E-state index is 11.9. The number of carbonyl (C=O) groups excluding carboxylic acids is 1. The minimum Gasteiger partial charge on any atom is -0.486 e. The van der Waals surface area contributed by atoms with Gasteiger partial charge in [0, 0.05) is 5.56 Å². The van der Waals surface area contributed by atoms with Crippen molar-refractivity contribution in [1.29, 1.82) is 0 Å². The fourth-order valence-corrected chi connectivity index (χ4v) is 2.32. The summed E-state index contributed by atoms with van der Waals surface area (Å²) < 4.78 is 16.4. The van der Waals surface area contributed by atoms with E-state index in [1.54, 1.807) is 0 Å². The summed E-state index contributed by atoms with van der Waals surface area (Å²) in [6.07, 6.45) is 5.61. The van der Waals surface area contributed by atoms with Gasteiger partial charge in [0.15, 0.2) is 11.5 Å². The molecule has 1 heterocycles. The van der Waals surface area contributed by atoms with Gasteiger partial charge in [-0.1, -0.05) is 24.3 Å². The fraction of sp³-hybridized carbons (Fsp3) is 0.400. The monoisotopic (exact) mass is 260 g/mol. The number of fused-ring (bicyclic) bond motifs is 1. The van der Waals surface area contributed by atoms with E-state index in [0.29, 0.717) is 19.0 Å². The molecular weight excluding hydrogens is 244 g/mol. The lowest BCUT2D eigenvalue weighted by atomic mass is 10.1. The molecule has 0 saturated carbocycles. The summed E-state index contributed by atoms with van der Waals surface area (Å²) in [5.41, 5.74) is 0.858. The Bertz CT molecular complexity index is 499. The van der Waals surface area contributed by atoms with E-state index >= 15 is 0 Å². The molecule has 0 aromatic heterocycles. The third-order valence-electron chi connectivity index (χ3n) is 3.36. The number of para-hydroxylation sites is 1. The molecule has 0 N–H and O–H groups in total. The quantitative estimate of drug-likeness (QED) is 0.618. The minimum absolute atomic E-state index is 0.0169. The molecule has 1 aliphatic carbocycles. The van der Waals surface area contributed by atoms with E-state index in [-0.39, 0.29) is 18.5 Å². The summed E-state index contributed by atoms with van der Waals surface area (Å²) in [6, 6.07) is 5.64. The zero-order valence-electron chi connectivity index (χ0n) is 10.6. The van der Waals surface area contributed by atoms with Gasteiger partial charge in [-0.15, -0.1) is 0 Å². The minimum atomic E-state index is -0.140. The Kier molecular flexibility index (Phi) is 3.40. The van der Waals surface area contributed by atoms with Gasteiger partial charge < -0.3 is 14.2 Å². The Labute approximate surface area is 112 Å². The van der Waals surface area contributed by atoms with Gasteiger partial charge in [-0.3, -0.25) is 4.79 Å². The molecule has 4 nitrogen and oxygen atoms in total. The molecule has 0 spiro atoms. The average Bonchev–Trinajstić information content (AvgIpc) is 2.99. The van der Waals surface area contributed by atoms with Crippen molar-refractivity contribution in [1.82, 2.24) is 0 Å². The fourth-order valence-electron chi connectivity index (χ4n) is 2.32. The largest absolute Gasteiger partial charge is 0.486 e. The highest BCUT2D eigenvalue weighted by atomic mass is 16.6. The van der Waals surface area contributed by atoms with Crippen molar-refractivity contribution in [2.75, 3.05) is 13.2 Å². The lowest BCUT2D eigenvalue weighted by Gasteiger charge is -2.21. The molecule has 0 fully saturated rings. The summed E-state index contributed by atoms with van der Waals surface area (Å²) in [4.78, 5) is 11.9. The lowest BCUT2D eigenvalue weighted by Crippen LogP contribution is -2.18. The maximum Gasteiger partial charge on any atom is 0.309 e. The topological polar surface area (TPSA) is 44.8 Å². The second-order valence-electron chi connectivity index (χ2n) is 4.69. The van der Waals surface area contributed by atoms with Crippen LogP contribution in [-0.2, 0) is 16.1 Å². The molecule has 2 aliphatic rings. The van der Waals surface area contributed by atoms with E-state index < -0.39 is 0 Å². The lowest BCUT2D eigenvalue weighted by molar-refractivity contribution is -0.149. The number of benzene rings is 1. The summed E-state index contributed by atoms with van der Waals surface area (Å²) in [7, 11) is 0. The van der Waals surface area contributed by atoms with E-state index in [1.165, 1.54) is 0 Å². The molecule has 0 bridgehead atoms. The van der Waals surface area contributed by atoms with Crippen molar-refractivity contribution < 1.29 is 19.0 Å². The standard InChI is InChI=1S/C15H16O4/c16-15(11-4-1-2-5-11)19-10-12-6-3-7-13-14(12)18-9-8-17-13/h1-3,6-7,11H,4-5,8-10H2. The van der Waals surface area contributed by atoms with Crippen LogP contribution < -0.4 is 9.47 Å². The van der Waals surface area contributed by atoms with E-state index in [9.17, 15) is 4.79 Å². The van der Waals surface area contributed by atoms with Gasteiger partial charge in [0.25, 0.3) is 0 Å². The van der Waals surface area contributed by atoms with Crippen LogP contribution in [0.15, 0.2) is 30.4 Å². The summed E-state index contributed by atoms with van der Waals surface area (Å²) >= 11 is 0. The van der Waals surface area contributed by atoms with Crippen molar-refractivity contribution >= 4 is 5.97 Å². The first-order valence-electron chi connectivity index (χ1n) is 6.54. The number of rotatable bonds is 3. The average molecular weight is 260 g/mol. The van der Waals surface area contributed by atoms with Gasteiger partial charge in [0.2, 0.25) is 0 Å². The highest BCUT2D eigenvalue weighted by Gasteiger charge is 2.22. The molecule has 1 aromatic rings. The smallest absolute Gasteiger partial charge is 0.309 e. The van der Waals surface area contributed by atoms with Crippen LogP contribution in [0.2, 0.25) is 0 Å².